The second-order valence-electron chi connectivity index (χ2n) is 4.94. The van der Waals surface area contributed by atoms with Crippen LogP contribution in [0.5, 0.6) is 0 Å². The molecule has 0 aromatic heterocycles. The molecular formula is C14H31NO. The van der Waals surface area contributed by atoms with Crippen LogP contribution in [-0.2, 0) is 0 Å². The van der Waals surface area contributed by atoms with Crippen LogP contribution in [0.25, 0.3) is 0 Å². The molecule has 2 heteroatoms. The van der Waals surface area contributed by atoms with E-state index >= 15 is 0 Å². The topological polar surface area (TPSA) is 32.3 Å². The van der Waals surface area contributed by atoms with Gasteiger partial charge in [-0.25, -0.2) is 0 Å². The predicted molar refractivity (Wildman–Crippen MR) is 71.8 cm³/mol. The summed E-state index contributed by atoms with van der Waals surface area (Å²) in [6.07, 6.45) is 10.4. The first-order valence-electron chi connectivity index (χ1n) is 7.11. The third-order valence-corrected chi connectivity index (χ3v) is 3.11. The van der Waals surface area contributed by atoms with E-state index in [1.807, 2.05) is 0 Å². The highest BCUT2D eigenvalue weighted by Gasteiger charge is 2.10. The summed E-state index contributed by atoms with van der Waals surface area (Å²) in [4.78, 5) is 0. The van der Waals surface area contributed by atoms with E-state index in [0.717, 1.165) is 0 Å². The number of hydrogen-bond donors (Lipinski definition) is 2. The van der Waals surface area contributed by atoms with Crippen molar-refractivity contribution in [3.8, 4) is 0 Å². The Kier molecular flexibility index (Phi) is 11.3. The van der Waals surface area contributed by atoms with Crippen LogP contribution in [-0.4, -0.2) is 23.8 Å². The summed E-state index contributed by atoms with van der Waals surface area (Å²) in [5.41, 5.74) is 0. The van der Waals surface area contributed by atoms with E-state index in [0.29, 0.717) is 6.04 Å². The Labute approximate surface area is 102 Å². The van der Waals surface area contributed by atoms with Gasteiger partial charge in [-0.2, -0.15) is 0 Å². The Morgan fingerprint density at radius 3 is 1.81 bits per heavy atom. The lowest BCUT2D eigenvalue weighted by atomic mass is 10.0. The zero-order chi connectivity index (χ0) is 12.2. The van der Waals surface area contributed by atoms with Crippen molar-refractivity contribution in [2.45, 2.75) is 84.2 Å². The van der Waals surface area contributed by atoms with Crippen molar-refractivity contribution in [3.05, 3.63) is 0 Å². The standard InChI is InChI=1S/C14H31NO/c1-4-6-8-10-14(11-9-7-5-2)15-13(3)12-16/h13-16H,4-12H2,1-3H3. The van der Waals surface area contributed by atoms with Gasteiger partial charge in [0, 0.05) is 12.1 Å². The molecule has 0 saturated heterocycles. The summed E-state index contributed by atoms with van der Waals surface area (Å²) in [5, 5.41) is 12.6. The lowest BCUT2D eigenvalue weighted by molar-refractivity contribution is 0.233. The van der Waals surface area contributed by atoms with E-state index in [-0.39, 0.29) is 12.6 Å². The van der Waals surface area contributed by atoms with Crippen LogP contribution in [0.4, 0.5) is 0 Å². The number of unbranched alkanes of at least 4 members (excludes halogenated alkanes) is 4. The molecule has 0 aliphatic heterocycles. The van der Waals surface area contributed by atoms with Crippen molar-refractivity contribution in [1.82, 2.24) is 5.32 Å². The molecule has 2 nitrogen and oxygen atoms in total. The second-order valence-corrected chi connectivity index (χ2v) is 4.94. The average molecular weight is 229 g/mol. The van der Waals surface area contributed by atoms with E-state index < -0.39 is 0 Å². The van der Waals surface area contributed by atoms with E-state index in [1.54, 1.807) is 0 Å². The maximum absolute atomic E-state index is 9.06. The molecule has 1 atom stereocenters. The van der Waals surface area contributed by atoms with Crippen LogP contribution in [0.3, 0.4) is 0 Å². The molecule has 16 heavy (non-hydrogen) atoms. The molecule has 0 heterocycles. The summed E-state index contributed by atoms with van der Waals surface area (Å²) in [6.45, 7) is 6.80. The highest BCUT2D eigenvalue weighted by molar-refractivity contribution is 4.71. The minimum absolute atomic E-state index is 0.244. The Hall–Kier alpha value is -0.0800. The van der Waals surface area contributed by atoms with Gasteiger partial charge in [-0.05, 0) is 19.8 Å². The van der Waals surface area contributed by atoms with Gasteiger partial charge < -0.3 is 10.4 Å². The van der Waals surface area contributed by atoms with Gasteiger partial charge in [-0.3, -0.25) is 0 Å². The fraction of sp³-hybridized carbons (Fsp3) is 1.00. The maximum atomic E-state index is 9.06. The Morgan fingerprint density at radius 1 is 0.938 bits per heavy atom. The molecule has 2 N–H and O–H groups in total. The molecule has 0 saturated carbocycles. The van der Waals surface area contributed by atoms with Gasteiger partial charge in [-0.1, -0.05) is 52.4 Å². The van der Waals surface area contributed by atoms with Crippen molar-refractivity contribution in [2.75, 3.05) is 6.61 Å². The van der Waals surface area contributed by atoms with Gasteiger partial charge in [0.1, 0.15) is 0 Å². The number of hydrogen-bond acceptors (Lipinski definition) is 2. The molecule has 0 aromatic carbocycles. The van der Waals surface area contributed by atoms with Crippen molar-refractivity contribution >= 4 is 0 Å². The molecule has 0 fully saturated rings. The molecule has 0 aliphatic rings. The normalized spacial score (nSPS) is 13.3. The van der Waals surface area contributed by atoms with Crippen molar-refractivity contribution < 1.29 is 5.11 Å². The highest BCUT2D eigenvalue weighted by Crippen LogP contribution is 2.11. The summed E-state index contributed by atoms with van der Waals surface area (Å²) in [5.74, 6) is 0. The zero-order valence-corrected chi connectivity index (χ0v) is 11.5. The molecular weight excluding hydrogens is 198 g/mol. The quantitative estimate of drug-likeness (QED) is 0.532. The Morgan fingerprint density at radius 2 is 1.44 bits per heavy atom. The molecule has 1 unspecified atom stereocenters. The van der Waals surface area contributed by atoms with Crippen LogP contribution in [0.2, 0.25) is 0 Å². The number of aliphatic hydroxyl groups is 1. The lowest BCUT2D eigenvalue weighted by Crippen LogP contribution is -2.38. The lowest BCUT2D eigenvalue weighted by Gasteiger charge is -2.22. The van der Waals surface area contributed by atoms with Gasteiger partial charge >= 0.3 is 0 Å². The molecule has 0 spiro atoms. The smallest absolute Gasteiger partial charge is 0.0582 e. The van der Waals surface area contributed by atoms with Gasteiger partial charge in [-0.15, -0.1) is 0 Å². The third-order valence-electron chi connectivity index (χ3n) is 3.11. The van der Waals surface area contributed by atoms with Crippen molar-refractivity contribution in [1.29, 1.82) is 0 Å². The first-order chi connectivity index (χ1) is 7.74. The van der Waals surface area contributed by atoms with Gasteiger partial charge in [0.2, 0.25) is 0 Å². The summed E-state index contributed by atoms with van der Waals surface area (Å²) in [7, 11) is 0. The zero-order valence-electron chi connectivity index (χ0n) is 11.5. The summed E-state index contributed by atoms with van der Waals surface area (Å²) in [6, 6.07) is 0.855. The first kappa shape index (κ1) is 15.9. The SMILES string of the molecule is CCCCCC(CCCCC)NC(C)CO. The number of aliphatic hydroxyl groups excluding tert-OH is 1. The first-order valence-corrected chi connectivity index (χ1v) is 7.11. The molecule has 98 valence electrons. The van der Waals surface area contributed by atoms with Crippen molar-refractivity contribution in [2.24, 2.45) is 0 Å². The fourth-order valence-corrected chi connectivity index (χ4v) is 2.05. The predicted octanol–water partition coefficient (Wildman–Crippen LogP) is 3.49. The van der Waals surface area contributed by atoms with Crippen LogP contribution in [0.15, 0.2) is 0 Å². The minimum Gasteiger partial charge on any atom is -0.395 e. The van der Waals surface area contributed by atoms with Gasteiger partial charge in [0.05, 0.1) is 6.61 Å². The number of rotatable bonds is 11. The van der Waals surface area contributed by atoms with Crippen LogP contribution in [0, 0.1) is 0 Å². The molecule has 0 aromatic rings. The van der Waals surface area contributed by atoms with Gasteiger partial charge in [0.25, 0.3) is 0 Å². The highest BCUT2D eigenvalue weighted by atomic mass is 16.3. The molecule has 0 amide bonds. The Balaban J connectivity index is 3.75. The van der Waals surface area contributed by atoms with Crippen LogP contribution >= 0.6 is 0 Å². The molecule has 0 rings (SSSR count). The largest absolute Gasteiger partial charge is 0.395 e. The van der Waals surface area contributed by atoms with Gasteiger partial charge in [0.15, 0.2) is 0 Å². The van der Waals surface area contributed by atoms with E-state index in [9.17, 15) is 0 Å². The third kappa shape index (κ3) is 9.17. The minimum atomic E-state index is 0.244. The van der Waals surface area contributed by atoms with E-state index in [1.165, 1.54) is 51.4 Å². The molecule has 0 aliphatic carbocycles. The van der Waals surface area contributed by atoms with Crippen molar-refractivity contribution in [3.63, 3.8) is 0 Å². The number of nitrogens with one attached hydrogen (secondary N) is 1. The monoisotopic (exact) mass is 229 g/mol. The van der Waals surface area contributed by atoms with Crippen LogP contribution in [0.1, 0.15) is 72.1 Å². The van der Waals surface area contributed by atoms with E-state index in [4.69, 9.17) is 5.11 Å². The molecule has 0 bridgehead atoms. The van der Waals surface area contributed by atoms with Crippen LogP contribution < -0.4 is 5.32 Å². The summed E-state index contributed by atoms with van der Waals surface area (Å²) >= 11 is 0. The summed E-state index contributed by atoms with van der Waals surface area (Å²) < 4.78 is 0. The molecule has 0 radical (unpaired) electrons. The average Bonchev–Trinajstić information content (AvgIpc) is 2.29. The maximum Gasteiger partial charge on any atom is 0.0582 e. The Bertz CT molecular complexity index is 129. The van der Waals surface area contributed by atoms with E-state index in [2.05, 4.69) is 26.1 Å². The second kappa shape index (κ2) is 11.4. The fourth-order valence-electron chi connectivity index (χ4n) is 2.05.